The van der Waals surface area contributed by atoms with Gasteiger partial charge in [-0.15, -0.1) is 0 Å². The first-order valence-corrected chi connectivity index (χ1v) is 7.36. The van der Waals surface area contributed by atoms with Crippen LogP contribution in [0.4, 0.5) is 0 Å². The van der Waals surface area contributed by atoms with E-state index < -0.39 is 0 Å². The highest BCUT2D eigenvalue weighted by Crippen LogP contribution is 2.35. The first-order valence-electron chi connectivity index (χ1n) is 6.99. The molecular weight excluding hydrogens is 244 g/mol. The number of hydrogen-bond acceptors (Lipinski definition) is 2. The number of fused-ring (bicyclic) bond motifs is 1. The van der Waals surface area contributed by atoms with Crippen LogP contribution in [0.25, 0.3) is 0 Å². The lowest BCUT2D eigenvalue weighted by Crippen LogP contribution is -2.51. The van der Waals surface area contributed by atoms with Gasteiger partial charge >= 0.3 is 0 Å². The number of benzene rings is 1. The summed E-state index contributed by atoms with van der Waals surface area (Å²) in [6.07, 6.45) is 2.45. The van der Waals surface area contributed by atoms with Gasteiger partial charge in [-0.1, -0.05) is 24.6 Å². The van der Waals surface area contributed by atoms with Gasteiger partial charge in [-0.3, -0.25) is 4.90 Å². The SMILES string of the molecule is CC1c2ccc(Cl)cc2CCC1N1CCNCC1. The molecule has 0 radical (unpaired) electrons. The van der Waals surface area contributed by atoms with Crippen LogP contribution in [0.2, 0.25) is 5.02 Å². The van der Waals surface area contributed by atoms with Crippen LogP contribution in [0.3, 0.4) is 0 Å². The molecule has 0 bridgehead atoms. The molecule has 98 valence electrons. The van der Waals surface area contributed by atoms with Crippen molar-refractivity contribution < 1.29 is 0 Å². The van der Waals surface area contributed by atoms with Crippen molar-refractivity contribution in [2.45, 2.75) is 31.7 Å². The van der Waals surface area contributed by atoms with Crippen LogP contribution in [0.5, 0.6) is 0 Å². The van der Waals surface area contributed by atoms with Gasteiger partial charge in [-0.05, 0) is 42.0 Å². The Morgan fingerprint density at radius 1 is 1.28 bits per heavy atom. The number of piperazine rings is 1. The van der Waals surface area contributed by atoms with E-state index in [1.807, 2.05) is 6.07 Å². The largest absolute Gasteiger partial charge is 0.314 e. The number of rotatable bonds is 1. The normalized spacial score (nSPS) is 29.0. The summed E-state index contributed by atoms with van der Waals surface area (Å²) in [6, 6.07) is 7.13. The van der Waals surface area contributed by atoms with Crippen molar-refractivity contribution in [3.8, 4) is 0 Å². The molecule has 0 amide bonds. The van der Waals surface area contributed by atoms with E-state index in [0.29, 0.717) is 12.0 Å². The Bertz CT molecular complexity index is 427. The van der Waals surface area contributed by atoms with E-state index in [9.17, 15) is 0 Å². The summed E-state index contributed by atoms with van der Waals surface area (Å²) in [6.45, 7) is 7.03. The van der Waals surface area contributed by atoms with Gasteiger partial charge < -0.3 is 5.32 Å². The van der Waals surface area contributed by atoms with E-state index >= 15 is 0 Å². The van der Waals surface area contributed by atoms with Gasteiger partial charge in [-0.2, -0.15) is 0 Å². The molecule has 1 aromatic rings. The molecule has 0 spiro atoms. The van der Waals surface area contributed by atoms with Gasteiger partial charge in [0, 0.05) is 37.2 Å². The lowest BCUT2D eigenvalue weighted by molar-refractivity contribution is 0.141. The van der Waals surface area contributed by atoms with Crippen molar-refractivity contribution in [1.82, 2.24) is 10.2 Å². The van der Waals surface area contributed by atoms with Gasteiger partial charge in [0.05, 0.1) is 0 Å². The minimum absolute atomic E-state index is 0.629. The maximum Gasteiger partial charge on any atom is 0.0408 e. The Balaban J connectivity index is 1.82. The molecule has 18 heavy (non-hydrogen) atoms. The Morgan fingerprint density at radius 3 is 2.83 bits per heavy atom. The molecule has 1 aliphatic carbocycles. The fraction of sp³-hybridized carbons (Fsp3) is 0.600. The minimum Gasteiger partial charge on any atom is -0.314 e. The van der Waals surface area contributed by atoms with Crippen LogP contribution in [-0.4, -0.2) is 37.1 Å². The average Bonchev–Trinajstić information content (AvgIpc) is 2.40. The average molecular weight is 265 g/mol. The Morgan fingerprint density at radius 2 is 2.06 bits per heavy atom. The first-order chi connectivity index (χ1) is 8.75. The number of halogens is 1. The molecule has 3 rings (SSSR count). The van der Waals surface area contributed by atoms with Crippen molar-refractivity contribution in [3.05, 3.63) is 34.3 Å². The van der Waals surface area contributed by atoms with Crippen LogP contribution in [0.15, 0.2) is 18.2 Å². The second-order valence-electron chi connectivity index (χ2n) is 5.52. The molecule has 2 unspecified atom stereocenters. The van der Waals surface area contributed by atoms with Crippen molar-refractivity contribution in [3.63, 3.8) is 0 Å². The predicted molar refractivity (Wildman–Crippen MR) is 76.4 cm³/mol. The zero-order valence-corrected chi connectivity index (χ0v) is 11.7. The third kappa shape index (κ3) is 2.29. The van der Waals surface area contributed by atoms with Gasteiger partial charge in [-0.25, -0.2) is 0 Å². The molecule has 1 aliphatic heterocycles. The van der Waals surface area contributed by atoms with Crippen LogP contribution in [-0.2, 0) is 6.42 Å². The fourth-order valence-corrected chi connectivity index (χ4v) is 3.70. The molecule has 1 aromatic carbocycles. The topological polar surface area (TPSA) is 15.3 Å². The lowest BCUT2D eigenvalue weighted by atomic mass is 9.79. The standard InChI is InChI=1S/C15H21ClN2/c1-11-14-4-3-13(16)10-12(14)2-5-15(11)18-8-6-17-7-9-18/h3-4,10-11,15,17H,2,5-9H2,1H3. The zero-order chi connectivity index (χ0) is 12.5. The minimum atomic E-state index is 0.629. The predicted octanol–water partition coefficient (Wildman–Crippen LogP) is 2.66. The smallest absolute Gasteiger partial charge is 0.0408 e. The summed E-state index contributed by atoms with van der Waals surface area (Å²) < 4.78 is 0. The highest BCUT2D eigenvalue weighted by molar-refractivity contribution is 6.30. The zero-order valence-electron chi connectivity index (χ0n) is 11.0. The highest BCUT2D eigenvalue weighted by atomic mass is 35.5. The Hall–Kier alpha value is -0.570. The van der Waals surface area contributed by atoms with E-state index in [2.05, 4.69) is 29.3 Å². The Kier molecular flexibility index (Phi) is 3.60. The molecule has 2 aliphatic rings. The van der Waals surface area contributed by atoms with Crippen molar-refractivity contribution in [2.24, 2.45) is 0 Å². The van der Waals surface area contributed by atoms with E-state index in [0.717, 1.165) is 18.1 Å². The molecular formula is C15H21ClN2. The van der Waals surface area contributed by atoms with Gasteiger partial charge in [0.25, 0.3) is 0 Å². The number of nitrogens with zero attached hydrogens (tertiary/aromatic N) is 1. The van der Waals surface area contributed by atoms with E-state index in [1.165, 1.54) is 37.1 Å². The first kappa shape index (κ1) is 12.5. The maximum absolute atomic E-state index is 6.09. The summed E-state index contributed by atoms with van der Waals surface area (Å²) >= 11 is 6.09. The number of nitrogens with one attached hydrogen (secondary N) is 1. The van der Waals surface area contributed by atoms with Crippen LogP contribution < -0.4 is 5.32 Å². The van der Waals surface area contributed by atoms with E-state index in [-0.39, 0.29) is 0 Å². The summed E-state index contributed by atoms with van der Waals surface area (Å²) in [5, 5.41) is 4.31. The monoisotopic (exact) mass is 264 g/mol. The quantitative estimate of drug-likeness (QED) is 0.839. The highest BCUT2D eigenvalue weighted by Gasteiger charge is 2.31. The summed E-state index contributed by atoms with van der Waals surface area (Å²) in [4.78, 5) is 2.67. The third-order valence-electron chi connectivity index (χ3n) is 4.50. The van der Waals surface area contributed by atoms with Gasteiger partial charge in [0.15, 0.2) is 0 Å². The Labute approximate surface area is 114 Å². The van der Waals surface area contributed by atoms with Crippen molar-refractivity contribution in [1.29, 1.82) is 0 Å². The molecule has 2 atom stereocenters. The molecule has 2 nitrogen and oxygen atoms in total. The van der Waals surface area contributed by atoms with Crippen LogP contribution in [0, 0.1) is 0 Å². The molecule has 0 aromatic heterocycles. The maximum atomic E-state index is 6.09. The molecule has 1 heterocycles. The summed E-state index contributed by atoms with van der Waals surface area (Å²) in [7, 11) is 0. The molecule has 0 saturated carbocycles. The second-order valence-corrected chi connectivity index (χ2v) is 5.96. The van der Waals surface area contributed by atoms with Gasteiger partial charge in [0.2, 0.25) is 0 Å². The fourth-order valence-electron chi connectivity index (χ4n) is 3.51. The number of aryl methyl sites for hydroxylation is 1. The molecule has 1 N–H and O–H groups in total. The van der Waals surface area contributed by atoms with Crippen molar-refractivity contribution in [2.75, 3.05) is 26.2 Å². The molecule has 3 heteroatoms. The van der Waals surface area contributed by atoms with Crippen LogP contribution in [0.1, 0.15) is 30.4 Å². The van der Waals surface area contributed by atoms with Crippen LogP contribution >= 0.6 is 11.6 Å². The van der Waals surface area contributed by atoms with Crippen molar-refractivity contribution >= 4 is 11.6 Å². The van der Waals surface area contributed by atoms with E-state index in [4.69, 9.17) is 11.6 Å². The third-order valence-corrected chi connectivity index (χ3v) is 4.74. The summed E-state index contributed by atoms with van der Waals surface area (Å²) in [5.74, 6) is 0.629. The summed E-state index contributed by atoms with van der Waals surface area (Å²) in [5.41, 5.74) is 2.97. The van der Waals surface area contributed by atoms with E-state index in [1.54, 1.807) is 0 Å². The lowest BCUT2D eigenvalue weighted by Gasteiger charge is -2.41. The molecule has 1 fully saturated rings. The molecule has 1 saturated heterocycles. The number of hydrogen-bond donors (Lipinski definition) is 1. The second kappa shape index (κ2) is 5.20. The van der Waals surface area contributed by atoms with Gasteiger partial charge in [0.1, 0.15) is 0 Å².